The Morgan fingerprint density at radius 3 is 2.52 bits per heavy atom. The molecular weight excluding hydrogens is 404 g/mol. The molecule has 0 spiro atoms. The number of methoxy groups -OCH3 is 2. The van der Waals surface area contributed by atoms with Gasteiger partial charge in [-0.25, -0.2) is 10.2 Å². The maximum Gasteiger partial charge on any atom is 0.371 e. The standard InChI is InChI=1S/C22H20N2O7/c1-28-17-6-4-3-5-16(17)21(25)24-23-12-14-7-9-18(20(11-14)29-2)30-13-15-8-10-19(31-15)22(26)27/h3-12H,13H2,1-2H3,(H,24,25)(H,26,27)/b23-12-. The van der Waals surface area contributed by atoms with Crippen molar-refractivity contribution in [1.82, 2.24) is 5.43 Å². The van der Waals surface area contributed by atoms with Crippen molar-refractivity contribution in [1.29, 1.82) is 0 Å². The average molecular weight is 424 g/mol. The summed E-state index contributed by atoms with van der Waals surface area (Å²) in [5.74, 6) is -0.0251. The minimum atomic E-state index is -1.15. The fourth-order valence-electron chi connectivity index (χ4n) is 2.66. The Morgan fingerprint density at radius 2 is 1.81 bits per heavy atom. The number of hydrogen-bond acceptors (Lipinski definition) is 7. The summed E-state index contributed by atoms with van der Waals surface area (Å²) in [5, 5.41) is 12.9. The average Bonchev–Trinajstić information content (AvgIpc) is 3.27. The van der Waals surface area contributed by atoms with Crippen molar-refractivity contribution in [3.8, 4) is 17.2 Å². The molecule has 2 N–H and O–H groups in total. The van der Waals surface area contributed by atoms with E-state index < -0.39 is 11.9 Å². The number of para-hydroxylation sites is 1. The van der Waals surface area contributed by atoms with E-state index in [2.05, 4.69) is 10.5 Å². The quantitative estimate of drug-likeness (QED) is 0.399. The number of nitrogens with one attached hydrogen (secondary N) is 1. The van der Waals surface area contributed by atoms with E-state index in [4.69, 9.17) is 23.7 Å². The number of carboxylic acids is 1. The topological polar surface area (TPSA) is 120 Å². The molecule has 0 atom stereocenters. The predicted octanol–water partition coefficient (Wildman–Crippen LogP) is 3.34. The van der Waals surface area contributed by atoms with Gasteiger partial charge in [-0.3, -0.25) is 4.79 Å². The molecule has 0 unspecified atom stereocenters. The number of nitrogens with zero attached hydrogens (tertiary/aromatic N) is 1. The molecule has 3 rings (SSSR count). The molecule has 1 amide bonds. The van der Waals surface area contributed by atoms with E-state index >= 15 is 0 Å². The first-order chi connectivity index (χ1) is 15.0. The number of aromatic carboxylic acids is 1. The number of benzene rings is 2. The Labute approximate surface area is 177 Å². The second-order valence-corrected chi connectivity index (χ2v) is 6.17. The summed E-state index contributed by atoms with van der Waals surface area (Å²) in [6, 6.07) is 14.8. The van der Waals surface area contributed by atoms with Crippen LogP contribution in [0.3, 0.4) is 0 Å². The van der Waals surface area contributed by atoms with Crippen molar-refractivity contribution in [3.63, 3.8) is 0 Å². The van der Waals surface area contributed by atoms with Crippen molar-refractivity contribution < 1.29 is 33.3 Å². The van der Waals surface area contributed by atoms with E-state index in [-0.39, 0.29) is 12.4 Å². The number of carbonyl (C=O) groups is 2. The van der Waals surface area contributed by atoms with E-state index in [0.717, 1.165) is 0 Å². The van der Waals surface area contributed by atoms with Crippen LogP contribution in [0.4, 0.5) is 0 Å². The number of rotatable bonds is 9. The summed E-state index contributed by atoms with van der Waals surface area (Å²) in [6.07, 6.45) is 1.46. The van der Waals surface area contributed by atoms with Crippen LogP contribution < -0.4 is 19.6 Å². The molecule has 9 heteroatoms. The van der Waals surface area contributed by atoms with Gasteiger partial charge in [0.25, 0.3) is 5.91 Å². The van der Waals surface area contributed by atoms with Gasteiger partial charge in [-0.2, -0.15) is 5.10 Å². The number of ether oxygens (including phenoxy) is 3. The Morgan fingerprint density at radius 1 is 1.03 bits per heavy atom. The van der Waals surface area contributed by atoms with Crippen LogP contribution in [0.15, 0.2) is 64.1 Å². The lowest BCUT2D eigenvalue weighted by molar-refractivity contribution is 0.0657. The molecule has 9 nitrogen and oxygen atoms in total. The molecule has 0 radical (unpaired) electrons. The molecule has 0 aliphatic heterocycles. The minimum Gasteiger partial charge on any atom is -0.496 e. The number of hydrazone groups is 1. The third-order valence-electron chi connectivity index (χ3n) is 4.16. The third kappa shape index (κ3) is 5.41. The monoisotopic (exact) mass is 424 g/mol. The summed E-state index contributed by atoms with van der Waals surface area (Å²) in [7, 11) is 2.98. The lowest BCUT2D eigenvalue weighted by Gasteiger charge is -2.10. The van der Waals surface area contributed by atoms with Crippen molar-refractivity contribution in [2.75, 3.05) is 14.2 Å². The number of carbonyl (C=O) groups excluding carboxylic acids is 1. The second-order valence-electron chi connectivity index (χ2n) is 6.17. The summed E-state index contributed by atoms with van der Waals surface area (Å²) in [5.41, 5.74) is 3.48. The van der Waals surface area contributed by atoms with Crippen molar-refractivity contribution in [3.05, 3.63) is 77.2 Å². The van der Waals surface area contributed by atoms with Crippen molar-refractivity contribution in [2.24, 2.45) is 5.10 Å². The van der Waals surface area contributed by atoms with Crippen molar-refractivity contribution >= 4 is 18.1 Å². The van der Waals surface area contributed by atoms with Gasteiger partial charge in [-0.15, -0.1) is 0 Å². The predicted molar refractivity (Wildman–Crippen MR) is 111 cm³/mol. The Balaban J connectivity index is 1.63. The maximum atomic E-state index is 12.3. The number of furan rings is 1. The highest BCUT2D eigenvalue weighted by Crippen LogP contribution is 2.28. The van der Waals surface area contributed by atoms with Crippen LogP contribution in [0.5, 0.6) is 17.2 Å². The van der Waals surface area contributed by atoms with Crippen LogP contribution in [-0.2, 0) is 6.61 Å². The van der Waals surface area contributed by atoms with Gasteiger partial charge in [0.05, 0.1) is 26.0 Å². The zero-order valence-corrected chi connectivity index (χ0v) is 16.8. The van der Waals surface area contributed by atoms with Gasteiger partial charge in [-0.05, 0) is 48.0 Å². The lowest BCUT2D eigenvalue weighted by atomic mass is 10.2. The number of amides is 1. The number of hydrogen-bond donors (Lipinski definition) is 2. The summed E-state index contributed by atoms with van der Waals surface area (Å²) >= 11 is 0. The zero-order chi connectivity index (χ0) is 22.2. The van der Waals surface area contributed by atoms with Crippen molar-refractivity contribution in [2.45, 2.75) is 6.61 Å². The lowest BCUT2D eigenvalue weighted by Crippen LogP contribution is -2.18. The van der Waals surface area contributed by atoms with Crippen LogP contribution in [0.25, 0.3) is 0 Å². The fraction of sp³-hybridized carbons (Fsp3) is 0.136. The molecule has 0 bridgehead atoms. The SMILES string of the molecule is COc1cc(/C=N\NC(=O)c2ccccc2OC)ccc1OCc1ccc(C(=O)O)o1. The summed E-state index contributed by atoms with van der Waals surface area (Å²) in [4.78, 5) is 23.1. The van der Waals surface area contributed by atoms with E-state index in [0.29, 0.717) is 34.1 Å². The molecule has 0 fully saturated rings. The van der Waals surface area contributed by atoms with Gasteiger partial charge in [0.1, 0.15) is 18.1 Å². The Hall–Kier alpha value is -4.27. The first-order valence-electron chi connectivity index (χ1n) is 9.11. The van der Waals surface area contributed by atoms with Gasteiger partial charge in [0.2, 0.25) is 5.76 Å². The molecule has 1 heterocycles. The molecule has 160 valence electrons. The molecular formula is C22H20N2O7. The van der Waals surface area contributed by atoms with E-state index in [1.54, 1.807) is 42.5 Å². The molecule has 2 aromatic carbocycles. The first kappa shape index (κ1) is 21.4. The van der Waals surface area contributed by atoms with Crippen LogP contribution in [-0.4, -0.2) is 37.4 Å². The smallest absolute Gasteiger partial charge is 0.371 e. The highest BCUT2D eigenvalue weighted by molar-refractivity contribution is 5.97. The molecule has 0 saturated heterocycles. The zero-order valence-electron chi connectivity index (χ0n) is 16.8. The van der Waals surface area contributed by atoms with Gasteiger partial charge in [0.15, 0.2) is 11.5 Å². The van der Waals surface area contributed by atoms with E-state index in [1.165, 1.54) is 32.6 Å². The van der Waals surface area contributed by atoms with E-state index in [9.17, 15) is 9.59 Å². The molecule has 3 aromatic rings. The van der Waals surface area contributed by atoms with Crippen LogP contribution in [0, 0.1) is 0 Å². The van der Waals surface area contributed by atoms with Crippen LogP contribution in [0.1, 0.15) is 32.2 Å². The first-order valence-corrected chi connectivity index (χ1v) is 9.11. The Bertz CT molecular complexity index is 1100. The molecule has 0 aliphatic carbocycles. The highest BCUT2D eigenvalue weighted by Gasteiger charge is 2.12. The van der Waals surface area contributed by atoms with Crippen LogP contribution >= 0.6 is 0 Å². The van der Waals surface area contributed by atoms with Gasteiger partial charge < -0.3 is 23.7 Å². The molecule has 0 saturated carbocycles. The van der Waals surface area contributed by atoms with Gasteiger partial charge in [-0.1, -0.05) is 12.1 Å². The largest absolute Gasteiger partial charge is 0.496 e. The van der Waals surface area contributed by atoms with Gasteiger partial charge >= 0.3 is 5.97 Å². The highest BCUT2D eigenvalue weighted by atomic mass is 16.5. The second kappa shape index (κ2) is 9.97. The molecule has 1 aromatic heterocycles. The Kier molecular flexibility index (Phi) is 6.89. The van der Waals surface area contributed by atoms with Gasteiger partial charge in [0, 0.05) is 0 Å². The third-order valence-corrected chi connectivity index (χ3v) is 4.16. The molecule has 31 heavy (non-hydrogen) atoms. The summed E-state index contributed by atoms with van der Waals surface area (Å²) < 4.78 is 21.3. The molecule has 0 aliphatic rings. The number of carboxylic acid groups (broad SMARTS) is 1. The minimum absolute atomic E-state index is 0.0338. The fourth-order valence-corrected chi connectivity index (χ4v) is 2.66. The normalized spacial score (nSPS) is 10.6. The summed E-state index contributed by atoms with van der Waals surface area (Å²) in [6.45, 7) is 0.0338. The maximum absolute atomic E-state index is 12.3. The van der Waals surface area contributed by atoms with Crippen LogP contribution in [0.2, 0.25) is 0 Å². The van der Waals surface area contributed by atoms with E-state index in [1.807, 2.05) is 0 Å².